The molecule has 3 N–H and O–H groups in total. The maximum absolute atomic E-state index is 12.0. The van der Waals surface area contributed by atoms with E-state index in [4.69, 9.17) is 11.6 Å². The molecule has 0 saturated carbocycles. The van der Waals surface area contributed by atoms with Gasteiger partial charge in [0.1, 0.15) is 0 Å². The first-order valence-electron chi connectivity index (χ1n) is 9.29. The molecule has 0 radical (unpaired) electrons. The average molecular weight is 421 g/mol. The first-order valence-corrected chi connectivity index (χ1v) is 9.67. The standard InChI is InChI=1S/C23H21ClN4O2/c1-16-7-10-20(11-8-16)27-21-12-9-19(24)13-18(21)15-26-28-23(30)22(29)25-14-17-5-3-2-4-6-17/h2-13,15,27H,14H2,1H3,(H,25,29)(H,28,30)/b26-15-. The number of hydrogen-bond acceptors (Lipinski definition) is 4. The van der Waals surface area contributed by atoms with Gasteiger partial charge >= 0.3 is 11.8 Å². The minimum absolute atomic E-state index is 0.260. The second-order valence-corrected chi connectivity index (χ2v) is 7.03. The summed E-state index contributed by atoms with van der Waals surface area (Å²) >= 11 is 6.09. The number of aryl methyl sites for hydroxylation is 1. The fourth-order valence-electron chi connectivity index (χ4n) is 2.62. The molecule has 0 spiro atoms. The molecule has 152 valence electrons. The fraction of sp³-hybridized carbons (Fsp3) is 0.0870. The van der Waals surface area contributed by atoms with Crippen LogP contribution < -0.4 is 16.1 Å². The van der Waals surface area contributed by atoms with Crippen LogP contribution in [0.1, 0.15) is 16.7 Å². The third kappa shape index (κ3) is 6.18. The lowest BCUT2D eigenvalue weighted by Crippen LogP contribution is -2.37. The van der Waals surface area contributed by atoms with Crippen molar-refractivity contribution < 1.29 is 9.59 Å². The predicted molar refractivity (Wildman–Crippen MR) is 120 cm³/mol. The highest BCUT2D eigenvalue weighted by molar-refractivity contribution is 6.35. The quantitative estimate of drug-likeness (QED) is 0.318. The van der Waals surface area contributed by atoms with E-state index in [1.807, 2.05) is 67.6 Å². The molecule has 3 rings (SSSR count). The molecule has 2 amide bonds. The van der Waals surface area contributed by atoms with Gasteiger partial charge in [0.15, 0.2) is 0 Å². The van der Waals surface area contributed by atoms with Gasteiger partial charge in [-0.1, -0.05) is 59.6 Å². The normalized spacial score (nSPS) is 10.6. The molecule has 30 heavy (non-hydrogen) atoms. The Balaban J connectivity index is 1.60. The van der Waals surface area contributed by atoms with Gasteiger partial charge in [-0.15, -0.1) is 0 Å². The number of hydrazone groups is 1. The Hall–Kier alpha value is -3.64. The molecule has 0 unspecified atom stereocenters. The molecule has 0 aliphatic rings. The van der Waals surface area contributed by atoms with Crippen molar-refractivity contribution in [2.75, 3.05) is 5.32 Å². The van der Waals surface area contributed by atoms with Gasteiger partial charge in [-0.2, -0.15) is 5.10 Å². The molecule has 0 atom stereocenters. The Morgan fingerprint density at radius 2 is 1.70 bits per heavy atom. The van der Waals surface area contributed by atoms with Crippen LogP contribution in [0.5, 0.6) is 0 Å². The molecular weight excluding hydrogens is 400 g/mol. The lowest BCUT2D eigenvalue weighted by Gasteiger charge is -2.10. The zero-order valence-corrected chi connectivity index (χ0v) is 17.1. The van der Waals surface area contributed by atoms with Gasteiger partial charge in [0.25, 0.3) is 0 Å². The maximum atomic E-state index is 12.0. The van der Waals surface area contributed by atoms with Crippen molar-refractivity contribution in [1.29, 1.82) is 0 Å². The Labute approximate surface area is 180 Å². The highest BCUT2D eigenvalue weighted by Gasteiger charge is 2.12. The van der Waals surface area contributed by atoms with Crippen LogP contribution in [0.2, 0.25) is 5.02 Å². The maximum Gasteiger partial charge on any atom is 0.329 e. The van der Waals surface area contributed by atoms with Gasteiger partial charge in [0.2, 0.25) is 0 Å². The summed E-state index contributed by atoms with van der Waals surface area (Å²) in [7, 11) is 0. The number of halogens is 1. The first kappa shape index (κ1) is 21.1. The number of rotatable bonds is 6. The first-order chi connectivity index (χ1) is 14.5. The lowest BCUT2D eigenvalue weighted by atomic mass is 10.1. The molecule has 0 heterocycles. The van der Waals surface area contributed by atoms with Crippen LogP contribution in [-0.4, -0.2) is 18.0 Å². The largest absolute Gasteiger partial charge is 0.355 e. The number of amides is 2. The zero-order chi connectivity index (χ0) is 21.3. The van der Waals surface area contributed by atoms with Crippen LogP contribution >= 0.6 is 11.6 Å². The smallest absolute Gasteiger partial charge is 0.329 e. The average Bonchev–Trinajstić information content (AvgIpc) is 2.76. The summed E-state index contributed by atoms with van der Waals surface area (Å²) in [5, 5.41) is 10.2. The van der Waals surface area contributed by atoms with Crippen molar-refractivity contribution >= 4 is 41.0 Å². The van der Waals surface area contributed by atoms with E-state index in [0.717, 1.165) is 22.5 Å². The second-order valence-electron chi connectivity index (χ2n) is 6.59. The van der Waals surface area contributed by atoms with E-state index in [1.54, 1.807) is 12.1 Å². The number of nitrogens with one attached hydrogen (secondary N) is 3. The SMILES string of the molecule is Cc1ccc(Nc2ccc(Cl)cc2/C=N\NC(=O)C(=O)NCc2ccccc2)cc1. The Morgan fingerprint density at radius 1 is 0.967 bits per heavy atom. The van der Waals surface area contributed by atoms with Crippen LogP contribution in [0.3, 0.4) is 0 Å². The van der Waals surface area contributed by atoms with Gasteiger partial charge in [0, 0.05) is 28.5 Å². The number of carbonyl (C=O) groups is 2. The van der Waals surface area contributed by atoms with Crippen LogP contribution in [0.4, 0.5) is 11.4 Å². The summed E-state index contributed by atoms with van der Waals surface area (Å²) in [6.45, 7) is 2.28. The molecule has 0 bridgehead atoms. The van der Waals surface area contributed by atoms with Gasteiger partial charge < -0.3 is 10.6 Å². The molecule has 6 nitrogen and oxygen atoms in total. The number of nitrogens with zero attached hydrogens (tertiary/aromatic N) is 1. The Bertz CT molecular complexity index is 1050. The number of anilines is 2. The van der Waals surface area contributed by atoms with E-state index in [1.165, 1.54) is 6.21 Å². The van der Waals surface area contributed by atoms with E-state index >= 15 is 0 Å². The summed E-state index contributed by atoms with van der Waals surface area (Å²) < 4.78 is 0. The Morgan fingerprint density at radius 3 is 2.43 bits per heavy atom. The summed E-state index contributed by atoms with van der Waals surface area (Å²) in [6.07, 6.45) is 1.44. The molecule has 0 aliphatic heterocycles. The number of hydrogen-bond donors (Lipinski definition) is 3. The summed E-state index contributed by atoms with van der Waals surface area (Å²) in [5.74, 6) is -1.61. The molecular formula is C23H21ClN4O2. The van der Waals surface area contributed by atoms with Crippen molar-refractivity contribution in [2.24, 2.45) is 5.10 Å². The zero-order valence-electron chi connectivity index (χ0n) is 16.4. The summed E-state index contributed by atoms with van der Waals surface area (Å²) in [6, 6.07) is 22.5. The molecule has 3 aromatic rings. The van der Waals surface area contributed by atoms with Gasteiger partial charge in [-0.05, 0) is 42.8 Å². The van der Waals surface area contributed by atoms with Crippen molar-refractivity contribution in [1.82, 2.24) is 10.7 Å². The topological polar surface area (TPSA) is 82.6 Å². The molecule has 7 heteroatoms. The molecule has 0 saturated heterocycles. The predicted octanol–water partition coefficient (Wildman–Crippen LogP) is 4.16. The van der Waals surface area contributed by atoms with Crippen molar-refractivity contribution in [3.8, 4) is 0 Å². The van der Waals surface area contributed by atoms with E-state index < -0.39 is 11.8 Å². The molecule has 0 aromatic heterocycles. The minimum Gasteiger partial charge on any atom is -0.355 e. The minimum atomic E-state index is -0.850. The van der Waals surface area contributed by atoms with Crippen molar-refractivity contribution in [3.05, 3.63) is 94.5 Å². The fourth-order valence-corrected chi connectivity index (χ4v) is 2.80. The van der Waals surface area contributed by atoms with Gasteiger partial charge in [0.05, 0.1) is 6.21 Å². The third-order valence-corrected chi connectivity index (χ3v) is 4.45. The molecule has 3 aromatic carbocycles. The van der Waals surface area contributed by atoms with E-state index in [-0.39, 0.29) is 6.54 Å². The van der Waals surface area contributed by atoms with Crippen LogP contribution in [0, 0.1) is 6.92 Å². The number of benzene rings is 3. The number of carbonyl (C=O) groups excluding carboxylic acids is 2. The lowest BCUT2D eigenvalue weighted by molar-refractivity contribution is -0.139. The highest BCUT2D eigenvalue weighted by Crippen LogP contribution is 2.23. The highest BCUT2D eigenvalue weighted by atomic mass is 35.5. The Kier molecular flexibility index (Phi) is 7.19. The van der Waals surface area contributed by atoms with Crippen LogP contribution in [-0.2, 0) is 16.1 Å². The monoisotopic (exact) mass is 420 g/mol. The van der Waals surface area contributed by atoms with E-state index in [2.05, 4.69) is 21.2 Å². The summed E-state index contributed by atoms with van der Waals surface area (Å²) in [4.78, 5) is 23.9. The summed E-state index contributed by atoms with van der Waals surface area (Å²) in [5.41, 5.74) is 6.61. The van der Waals surface area contributed by atoms with Gasteiger partial charge in [-0.3, -0.25) is 9.59 Å². The van der Waals surface area contributed by atoms with Crippen LogP contribution in [0.25, 0.3) is 0 Å². The second kappa shape index (κ2) is 10.2. The van der Waals surface area contributed by atoms with Crippen molar-refractivity contribution in [3.63, 3.8) is 0 Å². The third-order valence-electron chi connectivity index (χ3n) is 4.22. The van der Waals surface area contributed by atoms with E-state index in [0.29, 0.717) is 10.6 Å². The molecule has 0 fully saturated rings. The van der Waals surface area contributed by atoms with Crippen molar-refractivity contribution in [2.45, 2.75) is 13.5 Å². The molecule has 0 aliphatic carbocycles. The van der Waals surface area contributed by atoms with E-state index in [9.17, 15) is 9.59 Å². The van der Waals surface area contributed by atoms with Crippen LogP contribution in [0.15, 0.2) is 77.9 Å². The van der Waals surface area contributed by atoms with Gasteiger partial charge in [-0.25, -0.2) is 5.43 Å².